The topological polar surface area (TPSA) is 46.0 Å². The Morgan fingerprint density at radius 3 is 2.83 bits per heavy atom. The van der Waals surface area contributed by atoms with Gasteiger partial charge in [0.1, 0.15) is 0 Å². The summed E-state index contributed by atoms with van der Waals surface area (Å²) >= 11 is 11.4. The molecule has 2 aromatic rings. The molecule has 0 aliphatic carbocycles. The number of rotatable bonds is 0. The average Bonchev–Trinajstić information content (AvgIpc) is 2.29. The molecule has 0 radical (unpaired) electrons. The molecule has 0 aliphatic rings. The third-order valence-corrected chi connectivity index (χ3v) is 1.94. The Morgan fingerprint density at radius 1 is 1.33 bits per heavy atom. The normalized spacial score (nSPS) is 10.8. The van der Waals surface area contributed by atoms with Crippen LogP contribution in [0.3, 0.4) is 0 Å². The fourth-order valence-electron chi connectivity index (χ4n) is 0.985. The highest BCUT2D eigenvalue weighted by Crippen LogP contribution is 2.25. The van der Waals surface area contributed by atoms with Gasteiger partial charge in [-0.25, -0.2) is 4.79 Å². The van der Waals surface area contributed by atoms with Gasteiger partial charge in [-0.1, -0.05) is 23.2 Å². The molecule has 0 saturated carbocycles. The van der Waals surface area contributed by atoms with Crippen LogP contribution in [0.25, 0.3) is 11.1 Å². The fourth-order valence-corrected chi connectivity index (χ4v) is 1.52. The largest absolute Gasteiger partial charge is 0.417 e. The molecule has 0 atom stereocenters. The van der Waals surface area contributed by atoms with Crippen LogP contribution in [-0.4, -0.2) is 4.98 Å². The summed E-state index contributed by atoms with van der Waals surface area (Å²) in [5.41, 5.74) is 0.851. The van der Waals surface area contributed by atoms with Gasteiger partial charge in [0.15, 0.2) is 5.58 Å². The molecule has 0 spiro atoms. The molecule has 5 heteroatoms. The van der Waals surface area contributed by atoms with E-state index in [1.807, 2.05) is 0 Å². The molecule has 1 aromatic carbocycles. The maximum Gasteiger partial charge on any atom is 0.417 e. The van der Waals surface area contributed by atoms with Crippen LogP contribution in [0.5, 0.6) is 0 Å². The number of benzene rings is 1. The van der Waals surface area contributed by atoms with Gasteiger partial charge >= 0.3 is 5.76 Å². The van der Waals surface area contributed by atoms with E-state index in [2.05, 4.69) is 4.98 Å². The number of hydrogen-bond acceptors (Lipinski definition) is 2. The van der Waals surface area contributed by atoms with E-state index in [4.69, 9.17) is 27.6 Å². The van der Waals surface area contributed by atoms with Crippen molar-refractivity contribution in [1.82, 2.24) is 4.98 Å². The van der Waals surface area contributed by atoms with E-state index < -0.39 is 5.76 Å². The van der Waals surface area contributed by atoms with Gasteiger partial charge in [0.05, 0.1) is 10.5 Å². The first kappa shape index (κ1) is 7.71. The summed E-state index contributed by atoms with van der Waals surface area (Å²) in [5.74, 6) is -0.533. The summed E-state index contributed by atoms with van der Waals surface area (Å²) in [6.45, 7) is 0. The van der Waals surface area contributed by atoms with Gasteiger partial charge in [-0.15, -0.1) is 0 Å². The highest BCUT2D eigenvalue weighted by molar-refractivity contribution is 6.37. The minimum absolute atomic E-state index is 0.329. The number of hydrogen-bond donors (Lipinski definition) is 1. The van der Waals surface area contributed by atoms with Crippen molar-refractivity contribution < 1.29 is 4.42 Å². The summed E-state index contributed by atoms with van der Waals surface area (Å²) in [7, 11) is 0. The molecular weight excluding hydrogens is 201 g/mol. The SMILES string of the molecule is O=c1[nH]c2cc(Cl)cc(Cl)c2o1. The molecular formula is C7H3Cl2NO2. The number of aromatic amines is 1. The van der Waals surface area contributed by atoms with Gasteiger partial charge in [-0.2, -0.15) is 0 Å². The summed E-state index contributed by atoms with van der Waals surface area (Å²) in [6.07, 6.45) is 0. The second kappa shape index (κ2) is 2.54. The first-order valence-electron chi connectivity index (χ1n) is 3.15. The molecule has 0 unspecified atom stereocenters. The van der Waals surface area contributed by atoms with Crippen molar-refractivity contribution in [2.45, 2.75) is 0 Å². The number of fused-ring (bicyclic) bond motifs is 1. The standard InChI is InChI=1S/C7H3Cl2NO2/c8-3-1-4(9)6-5(2-3)10-7(11)12-6/h1-2H,(H,10,11). The Bertz CT molecular complexity index is 486. The quantitative estimate of drug-likeness (QED) is 0.716. The number of halogens is 2. The molecule has 12 heavy (non-hydrogen) atoms. The number of nitrogens with one attached hydrogen (secondary N) is 1. The minimum atomic E-state index is -0.533. The zero-order chi connectivity index (χ0) is 8.72. The van der Waals surface area contributed by atoms with Crippen molar-refractivity contribution in [2.75, 3.05) is 0 Å². The monoisotopic (exact) mass is 203 g/mol. The lowest BCUT2D eigenvalue weighted by molar-refractivity contribution is 0.555. The van der Waals surface area contributed by atoms with E-state index in [0.717, 1.165) is 0 Å². The number of oxazole rings is 1. The Labute approximate surface area is 76.9 Å². The van der Waals surface area contributed by atoms with Crippen molar-refractivity contribution in [3.8, 4) is 0 Å². The van der Waals surface area contributed by atoms with E-state index in [9.17, 15) is 4.79 Å². The van der Waals surface area contributed by atoms with Crippen LogP contribution in [0.15, 0.2) is 21.3 Å². The predicted molar refractivity (Wildman–Crippen MR) is 46.9 cm³/mol. The van der Waals surface area contributed by atoms with E-state index >= 15 is 0 Å². The van der Waals surface area contributed by atoms with Gasteiger partial charge in [-0.05, 0) is 12.1 Å². The van der Waals surface area contributed by atoms with Gasteiger partial charge in [0, 0.05) is 5.02 Å². The maximum atomic E-state index is 10.7. The third-order valence-electron chi connectivity index (χ3n) is 1.44. The summed E-state index contributed by atoms with van der Waals surface area (Å²) < 4.78 is 4.75. The lowest BCUT2D eigenvalue weighted by atomic mass is 10.3. The molecule has 62 valence electrons. The lowest BCUT2D eigenvalue weighted by Gasteiger charge is -1.91. The van der Waals surface area contributed by atoms with Crippen LogP contribution in [0.2, 0.25) is 10.0 Å². The summed E-state index contributed by atoms with van der Waals surface area (Å²) in [5, 5.41) is 0.792. The molecule has 3 nitrogen and oxygen atoms in total. The Hall–Kier alpha value is -0.930. The molecule has 0 fully saturated rings. The molecule has 1 aromatic heterocycles. The fraction of sp³-hybridized carbons (Fsp3) is 0. The van der Waals surface area contributed by atoms with Crippen molar-refractivity contribution >= 4 is 34.3 Å². The number of aromatic nitrogens is 1. The van der Waals surface area contributed by atoms with Gasteiger partial charge in [-0.3, -0.25) is 4.98 Å². The van der Waals surface area contributed by atoms with Crippen molar-refractivity contribution in [3.63, 3.8) is 0 Å². The van der Waals surface area contributed by atoms with Crippen molar-refractivity contribution in [1.29, 1.82) is 0 Å². The predicted octanol–water partition coefficient (Wildman–Crippen LogP) is 2.43. The highest BCUT2D eigenvalue weighted by Gasteiger charge is 2.06. The van der Waals surface area contributed by atoms with Crippen LogP contribution in [0.4, 0.5) is 0 Å². The third kappa shape index (κ3) is 1.11. The molecule has 0 aliphatic heterocycles. The molecule has 1 N–H and O–H groups in total. The second-order valence-electron chi connectivity index (χ2n) is 2.28. The average molecular weight is 204 g/mol. The summed E-state index contributed by atoms with van der Waals surface area (Å²) in [4.78, 5) is 13.2. The molecule has 0 amide bonds. The Balaban J connectivity index is 2.97. The van der Waals surface area contributed by atoms with Gasteiger partial charge < -0.3 is 4.42 Å². The van der Waals surface area contributed by atoms with Crippen LogP contribution in [0, 0.1) is 0 Å². The van der Waals surface area contributed by atoms with Gasteiger partial charge in [0.25, 0.3) is 0 Å². The zero-order valence-electron chi connectivity index (χ0n) is 5.73. The first-order valence-corrected chi connectivity index (χ1v) is 3.90. The van der Waals surface area contributed by atoms with E-state index in [-0.39, 0.29) is 0 Å². The second-order valence-corrected chi connectivity index (χ2v) is 3.12. The van der Waals surface area contributed by atoms with Crippen LogP contribution in [-0.2, 0) is 0 Å². The first-order chi connectivity index (χ1) is 5.66. The lowest BCUT2D eigenvalue weighted by Crippen LogP contribution is -1.92. The molecule has 1 heterocycles. The minimum Gasteiger partial charge on any atom is -0.406 e. The van der Waals surface area contributed by atoms with E-state index in [1.165, 1.54) is 6.07 Å². The Kier molecular flexibility index (Phi) is 1.63. The highest BCUT2D eigenvalue weighted by atomic mass is 35.5. The Morgan fingerprint density at radius 2 is 2.08 bits per heavy atom. The maximum absolute atomic E-state index is 10.7. The van der Waals surface area contributed by atoms with Crippen LogP contribution < -0.4 is 5.76 Å². The van der Waals surface area contributed by atoms with Crippen LogP contribution in [0.1, 0.15) is 0 Å². The van der Waals surface area contributed by atoms with E-state index in [1.54, 1.807) is 6.07 Å². The summed E-state index contributed by atoms with van der Waals surface area (Å²) in [6, 6.07) is 3.09. The molecule has 0 saturated heterocycles. The van der Waals surface area contributed by atoms with Crippen molar-refractivity contribution in [2.24, 2.45) is 0 Å². The van der Waals surface area contributed by atoms with Crippen molar-refractivity contribution in [3.05, 3.63) is 32.7 Å². The molecule has 2 rings (SSSR count). The number of H-pyrrole nitrogens is 1. The van der Waals surface area contributed by atoms with E-state index in [0.29, 0.717) is 21.1 Å². The van der Waals surface area contributed by atoms with Gasteiger partial charge in [0.2, 0.25) is 0 Å². The van der Waals surface area contributed by atoms with Crippen LogP contribution >= 0.6 is 23.2 Å². The molecule has 0 bridgehead atoms. The zero-order valence-corrected chi connectivity index (χ0v) is 7.24. The smallest absolute Gasteiger partial charge is 0.406 e.